The number of benzene rings is 1. The Bertz CT molecular complexity index is 826. The lowest BCUT2D eigenvalue weighted by Gasteiger charge is -2.20. The highest BCUT2D eigenvalue weighted by molar-refractivity contribution is 9.10. The van der Waals surface area contributed by atoms with Crippen molar-refractivity contribution in [3.63, 3.8) is 0 Å². The van der Waals surface area contributed by atoms with Crippen molar-refractivity contribution in [3.05, 3.63) is 45.2 Å². The van der Waals surface area contributed by atoms with Gasteiger partial charge in [0, 0.05) is 10.9 Å². The molecule has 2 aromatic rings. The van der Waals surface area contributed by atoms with Gasteiger partial charge >= 0.3 is 5.76 Å². The van der Waals surface area contributed by atoms with Gasteiger partial charge in [-0.3, -0.25) is 19.5 Å². The number of oxazole rings is 1. The maximum absolute atomic E-state index is 13.9. The van der Waals surface area contributed by atoms with Crippen molar-refractivity contribution >= 4 is 27.7 Å². The van der Waals surface area contributed by atoms with E-state index in [9.17, 15) is 18.8 Å². The molecule has 1 atom stereocenters. The lowest BCUT2D eigenvalue weighted by atomic mass is 10.1. The molecule has 6 nitrogen and oxygen atoms in total. The second-order valence-corrected chi connectivity index (χ2v) is 5.78. The minimum Gasteiger partial charge on any atom is -0.408 e. The first-order valence-electron chi connectivity index (χ1n) is 6.47. The van der Waals surface area contributed by atoms with Crippen LogP contribution in [0.25, 0.3) is 11.3 Å². The monoisotopic (exact) mass is 368 g/mol. The average Bonchev–Trinajstić information content (AvgIpc) is 2.80. The summed E-state index contributed by atoms with van der Waals surface area (Å²) in [6.07, 6.45) is 1.62. The smallest absolute Gasteiger partial charge is 0.408 e. The summed E-state index contributed by atoms with van der Waals surface area (Å²) in [6.45, 7) is 0. The Morgan fingerprint density at radius 2 is 2.09 bits per heavy atom. The van der Waals surface area contributed by atoms with Gasteiger partial charge in [-0.15, -0.1) is 0 Å². The minimum atomic E-state index is -0.832. The van der Waals surface area contributed by atoms with Crippen LogP contribution in [0.4, 0.5) is 4.39 Å². The van der Waals surface area contributed by atoms with Crippen LogP contribution in [0.3, 0.4) is 0 Å². The van der Waals surface area contributed by atoms with E-state index in [1.165, 1.54) is 18.3 Å². The van der Waals surface area contributed by atoms with Crippen LogP contribution in [-0.2, 0) is 9.59 Å². The molecule has 0 aliphatic carbocycles. The van der Waals surface area contributed by atoms with Gasteiger partial charge in [-0.1, -0.05) is 15.9 Å². The number of piperidine rings is 1. The summed E-state index contributed by atoms with van der Waals surface area (Å²) >= 11 is 3.14. The lowest BCUT2D eigenvalue weighted by molar-refractivity contribution is -0.135. The summed E-state index contributed by atoms with van der Waals surface area (Å²) in [5, 5.41) is 2.16. The van der Waals surface area contributed by atoms with Gasteiger partial charge in [0.1, 0.15) is 11.9 Å². The molecular weight excluding hydrogens is 359 g/mol. The van der Waals surface area contributed by atoms with Crippen LogP contribution in [0.15, 0.2) is 38.1 Å². The molecule has 0 bridgehead atoms. The van der Waals surface area contributed by atoms with E-state index >= 15 is 0 Å². The number of amides is 2. The van der Waals surface area contributed by atoms with Gasteiger partial charge in [-0.25, -0.2) is 9.18 Å². The van der Waals surface area contributed by atoms with Crippen molar-refractivity contribution in [1.29, 1.82) is 0 Å². The van der Waals surface area contributed by atoms with Crippen LogP contribution in [0.1, 0.15) is 18.9 Å². The Balaban J connectivity index is 1.99. The van der Waals surface area contributed by atoms with E-state index in [0.717, 1.165) is 4.57 Å². The maximum atomic E-state index is 13.9. The van der Waals surface area contributed by atoms with Gasteiger partial charge in [0.25, 0.3) is 0 Å². The normalized spacial score (nSPS) is 18.4. The second-order valence-electron chi connectivity index (χ2n) is 4.86. The van der Waals surface area contributed by atoms with Crippen LogP contribution in [0, 0.1) is 5.82 Å². The predicted molar refractivity (Wildman–Crippen MR) is 77.5 cm³/mol. The number of rotatable bonds is 2. The number of nitrogens with zero attached hydrogens (tertiary/aromatic N) is 1. The molecule has 1 saturated heterocycles. The van der Waals surface area contributed by atoms with Gasteiger partial charge in [-0.05, 0) is 24.6 Å². The Morgan fingerprint density at radius 1 is 1.32 bits per heavy atom. The quantitative estimate of drug-likeness (QED) is 0.821. The Kier molecular flexibility index (Phi) is 3.69. The average molecular weight is 369 g/mol. The highest BCUT2D eigenvalue weighted by Gasteiger charge is 2.30. The van der Waals surface area contributed by atoms with E-state index in [-0.39, 0.29) is 30.1 Å². The Hall–Kier alpha value is -2.22. The number of imide groups is 1. The van der Waals surface area contributed by atoms with E-state index in [1.807, 2.05) is 0 Å². The number of hydrogen-bond donors (Lipinski definition) is 1. The largest absolute Gasteiger partial charge is 0.420 e. The summed E-state index contributed by atoms with van der Waals surface area (Å²) in [6, 6.07) is 3.49. The second kappa shape index (κ2) is 5.53. The third-order valence-corrected chi connectivity index (χ3v) is 3.90. The van der Waals surface area contributed by atoms with E-state index in [1.54, 1.807) is 6.07 Å². The van der Waals surface area contributed by atoms with E-state index in [2.05, 4.69) is 21.2 Å². The number of aromatic nitrogens is 1. The highest BCUT2D eigenvalue weighted by atomic mass is 79.9. The molecule has 2 amide bonds. The zero-order valence-corrected chi connectivity index (χ0v) is 12.7. The van der Waals surface area contributed by atoms with Gasteiger partial charge in [0.2, 0.25) is 11.8 Å². The van der Waals surface area contributed by atoms with Crippen molar-refractivity contribution in [2.45, 2.75) is 18.9 Å². The molecular formula is C14H10BrFN2O4. The Morgan fingerprint density at radius 3 is 2.77 bits per heavy atom. The molecule has 2 heterocycles. The summed E-state index contributed by atoms with van der Waals surface area (Å²) in [5.74, 6) is -2.25. The highest BCUT2D eigenvalue weighted by Crippen LogP contribution is 2.26. The maximum Gasteiger partial charge on any atom is 0.420 e. The van der Waals surface area contributed by atoms with Crippen molar-refractivity contribution in [2.24, 2.45) is 0 Å². The zero-order chi connectivity index (χ0) is 15.9. The topological polar surface area (TPSA) is 81.3 Å². The summed E-state index contributed by atoms with van der Waals surface area (Å²) < 4.78 is 20.6. The molecule has 1 aliphatic heterocycles. The van der Waals surface area contributed by atoms with Crippen molar-refractivity contribution in [3.8, 4) is 11.3 Å². The molecule has 3 rings (SSSR count). The Labute approximate surface area is 132 Å². The molecule has 1 N–H and O–H groups in total. The van der Waals surface area contributed by atoms with Gasteiger partial charge < -0.3 is 4.42 Å². The van der Waals surface area contributed by atoms with Crippen LogP contribution in [0.5, 0.6) is 0 Å². The molecule has 1 aliphatic rings. The molecule has 1 aromatic heterocycles. The first-order valence-corrected chi connectivity index (χ1v) is 7.26. The number of halogens is 2. The fourth-order valence-electron chi connectivity index (χ4n) is 2.33. The van der Waals surface area contributed by atoms with E-state index in [4.69, 9.17) is 4.42 Å². The summed E-state index contributed by atoms with van der Waals surface area (Å²) in [7, 11) is 0. The van der Waals surface area contributed by atoms with Crippen LogP contribution in [0.2, 0.25) is 0 Å². The number of carbonyl (C=O) groups excluding carboxylic acids is 2. The minimum absolute atomic E-state index is 0.0275. The van der Waals surface area contributed by atoms with Crippen molar-refractivity contribution in [1.82, 2.24) is 9.88 Å². The fraction of sp³-hybridized carbons (Fsp3) is 0.214. The lowest BCUT2D eigenvalue weighted by Crippen LogP contribution is -2.43. The molecule has 0 spiro atoms. The first-order chi connectivity index (χ1) is 10.5. The summed E-state index contributed by atoms with van der Waals surface area (Å²) in [5.41, 5.74) is 0.117. The number of carbonyl (C=O) groups is 2. The van der Waals surface area contributed by atoms with E-state index in [0.29, 0.717) is 4.47 Å². The van der Waals surface area contributed by atoms with Gasteiger partial charge in [0.15, 0.2) is 5.76 Å². The molecule has 114 valence electrons. The molecule has 22 heavy (non-hydrogen) atoms. The first kappa shape index (κ1) is 14.7. The third-order valence-electron chi connectivity index (χ3n) is 3.41. The SMILES string of the molecule is O=C1CCC(n2cc(-c3ccc(Br)cc3F)oc2=O)C(=O)N1. The van der Waals surface area contributed by atoms with Gasteiger partial charge in [0.05, 0.1) is 11.8 Å². The standard InChI is InChI=1S/C14H10BrFN2O4/c15-7-1-2-8(9(16)5-7)11-6-18(14(21)22-11)10-3-4-12(19)17-13(10)20/h1-2,5-6,10H,3-4H2,(H,17,19,20). The number of hydrogen-bond acceptors (Lipinski definition) is 4. The van der Waals surface area contributed by atoms with Gasteiger partial charge in [-0.2, -0.15) is 0 Å². The third kappa shape index (κ3) is 2.61. The van der Waals surface area contributed by atoms with E-state index < -0.39 is 23.5 Å². The fourth-order valence-corrected chi connectivity index (χ4v) is 2.66. The molecule has 8 heteroatoms. The summed E-state index contributed by atoms with van der Waals surface area (Å²) in [4.78, 5) is 34.9. The predicted octanol–water partition coefficient (Wildman–Crippen LogP) is 1.99. The molecule has 1 fully saturated rings. The molecule has 0 radical (unpaired) electrons. The van der Waals surface area contributed by atoms with Crippen LogP contribution >= 0.6 is 15.9 Å². The van der Waals surface area contributed by atoms with Crippen molar-refractivity contribution < 1.29 is 18.4 Å². The van der Waals surface area contributed by atoms with Crippen LogP contribution in [-0.4, -0.2) is 16.4 Å². The van der Waals surface area contributed by atoms with Crippen LogP contribution < -0.4 is 11.1 Å². The molecule has 1 aromatic carbocycles. The van der Waals surface area contributed by atoms with Crippen molar-refractivity contribution in [2.75, 3.05) is 0 Å². The molecule has 0 saturated carbocycles. The number of nitrogens with one attached hydrogen (secondary N) is 1. The zero-order valence-electron chi connectivity index (χ0n) is 11.1. The molecule has 1 unspecified atom stereocenters.